The molecule has 0 fully saturated rings. The van der Waals surface area contributed by atoms with Crippen molar-refractivity contribution in [3.8, 4) is 0 Å². The zero-order chi connectivity index (χ0) is 16.0. The average molecular weight is 294 g/mol. The van der Waals surface area contributed by atoms with Crippen molar-refractivity contribution in [1.82, 2.24) is 10.3 Å². The summed E-state index contributed by atoms with van der Waals surface area (Å²) in [7, 11) is 0. The second kappa shape index (κ2) is 7.17. The van der Waals surface area contributed by atoms with Gasteiger partial charge < -0.3 is 15.2 Å². The molecule has 1 atom stereocenters. The lowest BCUT2D eigenvalue weighted by Crippen LogP contribution is -2.42. The van der Waals surface area contributed by atoms with E-state index in [-0.39, 0.29) is 24.3 Å². The summed E-state index contributed by atoms with van der Waals surface area (Å²) in [4.78, 5) is 27.3. The molecule has 1 amide bonds. The fourth-order valence-electron chi connectivity index (χ4n) is 1.69. The number of amides is 1. The number of aromatic nitrogens is 1. The van der Waals surface area contributed by atoms with Crippen LogP contribution in [-0.2, 0) is 9.53 Å². The Kier molecular flexibility index (Phi) is 5.84. The molecule has 6 heteroatoms. The molecule has 1 aromatic heterocycles. The molecule has 0 spiro atoms. The molecule has 0 radical (unpaired) electrons. The predicted molar refractivity (Wildman–Crippen MR) is 78.2 cm³/mol. The summed E-state index contributed by atoms with van der Waals surface area (Å²) in [6, 6.07) is 2.47. The molecule has 21 heavy (non-hydrogen) atoms. The minimum atomic E-state index is -1.09. The minimum absolute atomic E-state index is 0.199. The molecule has 1 unspecified atom stereocenters. The van der Waals surface area contributed by atoms with Crippen LogP contribution in [0.2, 0.25) is 0 Å². The van der Waals surface area contributed by atoms with Gasteiger partial charge in [0.25, 0.3) is 5.91 Å². The Balaban J connectivity index is 2.65. The van der Waals surface area contributed by atoms with Gasteiger partial charge in [-0.3, -0.25) is 9.78 Å². The van der Waals surface area contributed by atoms with Crippen LogP contribution in [0.1, 0.15) is 43.2 Å². The number of pyridine rings is 1. The summed E-state index contributed by atoms with van der Waals surface area (Å²) in [6.07, 6.45) is 1.70. The Morgan fingerprint density at radius 1 is 1.43 bits per heavy atom. The Bertz CT molecular complexity index is 509. The fraction of sp³-hybridized carbons (Fsp3) is 0.533. The first-order chi connectivity index (χ1) is 9.70. The average Bonchev–Trinajstić information content (AvgIpc) is 2.36. The molecule has 1 rings (SSSR count). The van der Waals surface area contributed by atoms with Crippen LogP contribution in [0.3, 0.4) is 0 Å². The Morgan fingerprint density at radius 3 is 2.62 bits per heavy atom. The number of nitrogens with zero attached hydrogens (tertiary/aromatic N) is 1. The normalized spacial score (nSPS) is 12.8. The molecule has 116 valence electrons. The van der Waals surface area contributed by atoms with E-state index in [2.05, 4.69) is 10.3 Å². The lowest BCUT2D eigenvalue weighted by Gasteiger charge is -2.21. The first-order valence-corrected chi connectivity index (χ1v) is 6.80. The molecule has 0 aliphatic rings. The summed E-state index contributed by atoms with van der Waals surface area (Å²) >= 11 is 0. The van der Waals surface area contributed by atoms with Crippen molar-refractivity contribution in [3.05, 3.63) is 29.6 Å². The van der Waals surface area contributed by atoms with E-state index in [0.29, 0.717) is 5.56 Å². The maximum atomic E-state index is 12.1. The van der Waals surface area contributed by atoms with E-state index >= 15 is 0 Å². The highest BCUT2D eigenvalue weighted by atomic mass is 16.5. The molecule has 0 aliphatic heterocycles. The molecule has 1 heterocycles. The highest BCUT2D eigenvalue weighted by Gasteiger charge is 2.22. The zero-order valence-electron chi connectivity index (χ0n) is 12.8. The van der Waals surface area contributed by atoms with Crippen molar-refractivity contribution >= 4 is 11.9 Å². The second-order valence-electron chi connectivity index (χ2n) is 5.78. The van der Waals surface area contributed by atoms with Crippen molar-refractivity contribution in [1.29, 1.82) is 0 Å². The summed E-state index contributed by atoms with van der Waals surface area (Å²) in [5.74, 6) is -1.58. The molecular weight excluding hydrogens is 272 g/mol. The molecule has 1 aromatic rings. The highest BCUT2D eigenvalue weighted by molar-refractivity contribution is 5.96. The van der Waals surface area contributed by atoms with Crippen LogP contribution in [0, 0.1) is 6.92 Å². The van der Waals surface area contributed by atoms with Gasteiger partial charge in [0.15, 0.2) is 0 Å². The number of carbonyl (C=O) groups excluding carboxylic acids is 1. The van der Waals surface area contributed by atoms with Crippen LogP contribution in [0.15, 0.2) is 18.3 Å². The van der Waals surface area contributed by atoms with E-state index in [1.54, 1.807) is 19.1 Å². The zero-order valence-corrected chi connectivity index (χ0v) is 12.8. The summed E-state index contributed by atoms with van der Waals surface area (Å²) in [5, 5.41) is 11.7. The predicted octanol–water partition coefficient (Wildman–Crippen LogP) is 1.78. The van der Waals surface area contributed by atoms with Crippen LogP contribution in [-0.4, -0.2) is 40.2 Å². The van der Waals surface area contributed by atoms with Crippen molar-refractivity contribution < 1.29 is 19.4 Å². The topological polar surface area (TPSA) is 88.5 Å². The number of carboxylic acid groups (broad SMARTS) is 1. The van der Waals surface area contributed by atoms with E-state index in [1.165, 1.54) is 6.20 Å². The third kappa shape index (κ3) is 5.91. The monoisotopic (exact) mass is 294 g/mol. The largest absolute Gasteiger partial charge is 0.480 e. The minimum Gasteiger partial charge on any atom is -0.480 e. The van der Waals surface area contributed by atoms with Gasteiger partial charge in [-0.05, 0) is 39.3 Å². The van der Waals surface area contributed by atoms with Gasteiger partial charge in [0.2, 0.25) is 0 Å². The number of nitrogens with one attached hydrogen (secondary N) is 1. The molecule has 6 nitrogen and oxygen atoms in total. The van der Waals surface area contributed by atoms with Gasteiger partial charge in [-0.15, -0.1) is 0 Å². The van der Waals surface area contributed by atoms with Gasteiger partial charge in [-0.25, -0.2) is 4.79 Å². The molecule has 0 aromatic carbocycles. The number of rotatable bonds is 6. The van der Waals surface area contributed by atoms with Crippen molar-refractivity contribution in [3.63, 3.8) is 0 Å². The lowest BCUT2D eigenvalue weighted by atomic mass is 10.1. The quantitative estimate of drug-likeness (QED) is 0.835. The van der Waals surface area contributed by atoms with E-state index < -0.39 is 17.9 Å². The fourth-order valence-corrected chi connectivity index (χ4v) is 1.69. The third-order valence-electron chi connectivity index (χ3n) is 2.77. The number of carboxylic acids is 1. The molecule has 0 saturated heterocycles. The molecule has 0 saturated carbocycles. The number of ether oxygens (including phenoxy) is 1. The second-order valence-corrected chi connectivity index (χ2v) is 5.78. The number of aryl methyl sites for hydroxylation is 1. The van der Waals surface area contributed by atoms with Crippen molar-refractivity contribution in [2.45, 2.75) is 45.8 Å². The Morgan fingerprint density at radius 2 is 2.10 bits per heavy atom. The van der Waals surface area contributed by atoms with Crippen LogP contribution >= 0.6 is 0 Å². The first kappa shape index (κ1) is 17.1. The van der Waals surface area contributed by atoms with Crippen molar-refractivity contribution in [2.24, 2.45) is 0 Å². The van der Waals surface area contributed by atoms with E-state index in [1.807, 2.05) is 20.8 Å². The van der Waals surface area contributed by atoms with Crippen LogP contribution in [0.25, 0.3) is 0 Å². The van der Waals surface area contributed by atoms with Crippen molar-refractivity contribution in [2.75, 3.05) is 6.61 Å². The molecule has 0 bridgehead atoms. The smallest absolute Gasteiger partial charge is 0.326 e. The number of hydrogen-bond donors (Lipinski definition) is 2. The van der Waals surface area contributed by atoms with Gasteiger partial charge in [-0.2, -0.15) is 0 Å². The van der Waals surface area contributed by atoms with Gasteiger partial charge in [0.1, 0.15) is 11.7 Å². The SMILES string of the molecule is Cc1cccnc1C(=O)NC(CCOC(C)(C)C)C(=O)O. The molecular formula is C15H22N2O4. The standard InChI is InChI=1S/C15H22N2O4/c1-10-6-5-8-16-12(10)13(18)17-11(14(19)20)7-9-21-15(2,3)4/h5-6,8,11H,7,9H2,1-4H3,(H,17,18)(H,19,20). The summed E-state index contributed by atoms with van der Waals surface area (Å²) in [5.41, 5.74) is 0.593. The van der Waals surface area contributed by atoms with E-state index in [4.69, 9.17) is 4.74 Å². The van der Waals surface area contributed by atoms with Crippen LogP contribution < -0.4 is 5.32 Å². The van der Waals surface area contributed by atoms with Gasteiger partial charge in [0.05, 0.1) is 5.60 Å². The number of aliphatic carboxylic acids is 1. The Labute approximate surface area is 124 Å². The third-order valence-corrected chi connectivity index (χ3v) is 2.77. The summed E-state index contributed by atoms with van der Waals surface area (Å²) in [6.45, 7) is 7.66. The molecule has 0 aliphatic carbocycles. The van der Waals surface area contributed by atoms with Gasteiger partial charge in [-0.1, -0.05) is 6.07 Å². The van der Waals surface area contributed by atoms with E-state index in [0.717, 1.165) is 0 Å². The highest BCUT2D eigenvalue weighted by Crippen LogP contribution is 2.09. The maximum absolute atomic E-state index is 12.1. The first-order valence-electron chi connectivity index (χ1n) is 6.80. The maximum Gasteiger partial charge on any atom is 0.326 e. The van der Waals surface area contributed by atoms with Gasteiger partial charge >= 0.3 is 5.97 Å². The van der Waals surface area contributed by atoms with Gasteiger partial charge in [0, 0.05) is 19.2 Å². The van der Waals surface area contributed by atoms with Crippen LogP contribution in [0.5, 0.6) is 0 Å². The Hall–Kier alpha value is -1.95. The number of hydrogen-bond acceptors (Lipinski definition) is 4. The van der Waals surface area contributed by atoms with E-state index in [9.17, 15) is 14.7 Å². The number of carbonyl (C=O) groups is 2. The summed E-state index contributed by atoms with van der Waals surface area (Å²) < 4.78 is 5.49. The lowest BCUT2D eigenvalue weighted by molar-refractivity contribution is -0.140. The molecule has 2 N–H and O–H groups in total. The van der Waals surface area contributed by atoms with Crippen LogP contribution in [0.4, 0.5) is 0 Å².